The molecule has 3 N–H and O–H groups in total. The summed E-state index contributed by atoms with van der Waals surface area (Å²) in [5.74, 6) is 0.426. The van der Waals surface area contributed by atoms with E-state index in [9.17, 15) is 9.59 Å². The maximum Gasteiger partial charge on any atom is 0.253 e. The molecule has 1 saturated heterocycles. The zero-order valence-electron chi connectivity index (χ0n) is 12.4. The minimum Gasteiger partial charge on any atom is -0.338 e. The van der Waals surface area contributed by atoms with E-state index in [1.807, 2.05) is 17.0 Å². The summed E-state index contributed by atoms with van der Waals surface area (Å²) in [6.07, 6.45) is 0.937. The van der Waals surface area contributed by atoms with Crippen LogP contribution in [-0.4, -0.2) is 42.1 Å². The Kier molecular flexibility index (Phi) is 5.04. The van der Waals surface area contributed by atoms with Gasteiger partial charge in [0.05, 0.1) is 11.4 Å². The molecule has 5 nitrogen and oxygen atoms in total. The maximum absolute atomic E-state index is 12.6. The minimum atomic E-state index is -0.0195. The number of nitrogens with one attached hydrogen (secondary N) is 1. The fraction of sp³-hybridized carbons (Fsp3) is 0.467. The zero-order valence-corrected chi connectivity index (χ0v) is 14.1. The van der Waals surface area contributed by atoms with Crippen molar-refractivity contribution in [3.8, 4) is 0 Å². The van der Waals surface area contributed by atoms with E-state index >= 15 is 0 Å². The topological polar surface area (TPSA) is 75.4 Å². The predicted molar refractivity (Wildman–Crippen MR) is 90.7 cm³/mol. The highest BCUT2D eigenvalue weighted by molar-refractivity contribution is 8.00. The van der Waals surface area contributed by atoms with Crippen molar-refractivity contribution in [3.05, 3.63) is 23.8 Å². The van der Waals surface area contributed by atoms with Gasteiger partial charge in [0.1, 0.15) is 0 Å². The molecular weight excluding hydrogens is 322 g/mol. The van der Waals surface area contributed by atoms with Crippen molar-refractivity contribution in [1.29, 1.82) is 0 Å². The molecule has 2 aliphatic heterocycles. The molecule has 0 spiro atoms. The van der Waals surface area contributed by atoms with Crippen LogP contribution < -0.4 is 11.1 Å². The van der Waals surface area contributed by atoms with Crippen LogP contribution in [0, 0.1) is 5.41 Å². The molecule has 0 aromatic heterocycles. The van der Waals surface area contributed by atoms with Gasteiger partial charge in [-0.3, -0.25) is 9.59 Å². The number of anilines is 1. The molecular formula is C15H20ClN3O2S. The highest BCUT2D eigenvalue weighted by atomic mass is 35.5. The fourth-order valence-electron chi connectivity index (χ4n) is 2.76. The van der Waals surface area contributed by atoms with E-state index < -0.39 is 0 Å². The van der Waals surface area contributed by atoms with Gasteiger partial charge in [-0.05, 0) is 36.6 Å². The molecule has 1 unspecified atom stereocenters. The van der Waals surface area contributed by atoms with Gasteiger partial charge in [0, 0.05) is 23.5 Å². The molecule has 0 bridgehead atoms. The second-order valence-corrected chi connectivity index (χ2v) is 7.06. The number of rotatable bonds is 2. The quantitative estimate of drug-likeness (QED) is 0.862. The van der Waals surface area contributed by atoms with Crippen LogP contribution in [-0.2, 0) is 4.79 Å². The van der Waals surface area contributed by atoms with Crippen molar-refractivity contribution in [2.75, 3.05) is 30.7 Å². The monoisotopic (exact) mass is 341 g/mol. The molecule has 7 heteroatoms. The molecule has 1 atom stereocenters. The number of halogens is 1. The first-order valence-corrected chi connectivity index (χ1v) is 8.05. The Morgan fingerprint density at radius 2 is 2.27 bits per heavy atom. The van der Waals surface area contributed by atoms with Gasteiger partial charge in [-0.15, -0.1) is 24.2 Å². The molecule has 2 aliphatic rings. The lowest BCUT2D eigenvalue weighted by Crippen LogP contribution is -2.34. The van der Waals surface area contributed by atoms with Crippen LogP contribution >= 0.6 is 24.2 Å². The Balaban J connectivity index is 0.00000176. The Morgan fingerprint density at radius 3 is 2.95 bits per heavy atom. The number of carbonyl (C=O) groups is 2. The van der Waals surface area contributed by atoms with Gasteiger partial charge in [-0.2, -0.15) is 0 Å². The number of nitrogens with zero attached hydrogens (tertiary/aromatic N) is 1. The Labute approximate surface area is 140 Å². The lowest BCUT2D eigenvalue weighted by atomic mass is 9.90. The molecule has 1 fully saturated rings. The largest absolute Gasteiger partial charge is 0.338 e. The third-order valence-electron chi connectivity index (χ3n) is 4.20. The van der Waals surface area contributed by atoms with Crippen LogP contribution in [0.15, 0.2) is 23.1 Å². The summed E-state index contributed by atoms with van der Waals surface area (Å²) in [6, 6.07) is 5.52. The Hall–Kier alpha value is -1.24. The summed E-state index contributed by atoms with van der Waals surface area (Å²) in [7, 11) is 0. The summed E-state index contributed by atoms with van der Waals surface area (Å²) >= 11 is 1.50. The number of benzene rings is 1. The van der Waals surface area contributed by atoms with Gasteiger partial charge < -0.3 is 16.0 Å². The van der Waals surface area contributed by atoms with Crippen molar-refractivity contribution in [3.63, 3.8) is 0 Å². The predicted octanol–water partition coefficient (Wildman–Crippen LogP) is 1.96. The number of likely N-dealkylation sites (tertiary alicyclic amines) is 1. The van der Waals surface area contributed by atoms with Gasteiger partial charge >= 0.3 is 0 Å². The smallest absolute Gasteiger partial charge is 0.253 e. The number of hydrogen-bond acceptors (Lipinski definition) is 4. The molecule has 2 amide bonds. The van der Waals surface area contributed by atoms with Crippen LogP contribution in [0.25, 0.3) is 0 Å². The van der Waals surface area contributed by atoms with Gasteiger partial charge in [-0.1, -0.05) is 6.92 Å². The summed E-state index contributed by atoms with van der Waals surface area (Å²) in [6.45, 7) is 4.14. The van der Waals surface area contributed by atoms with Crippen LogP contribution in [0.2, 0.25) is 0 Å². The molecule has 120 valence electrons. The summed E-state index contributed by atoms with van der Waals surface area (Å²) < 4.78 is 0. The summed E-state index contributed by atoms with van der Waals surface area (Å²) in [5, 5.41) is 2.82. The number of thioether (sulfide) groups is 1. The van der Waals surface area contributed by atoms with Crippen molar-refractivity contribution >= 4 is 41.7 Å². The molecule has 0 saturated carbocycles. The third-order valence-corrected chi connectivity index (χ3v) is 5.27. The first-order valence-electron chi connectivity index (χ1n) is 7.07. The first kappa shape index (κ1) is 17.1. The zero-order chi connectivity index (χ0) is 15.0. The lowest BCUT2D eigenvalue weighted by molar-refractivity contribution is -0.113. The number of amides is 2. The third kappa shape index (κ3) is 3.24. The first-order chi connectivity index (χ1) is 10.0. The van der Waals surface area contributed by atoms with E-state index in [0.717, 1.165) is 23.5 Å². The van der Waals surface area contributed by atoms with Crippen molar-refractivity contribution < 1.29 is 9.59 Å². The average molecular weight is 342 g/mol. The van der Waals surface area contributed by atoms with E-state index in [0.29, 0.717) is 24.4 Å². The standard InChI is InChI=1S/C15H19N3O2S.ClH/c1-15(8-16)4-5-18(9-15)14(20)10-2-3-12-11(6-10)17-13(19)7-21-12;/h2-3,6H,4-5,7-9,16H2,1H3,(H,17,19);1H. The van der Waals surface area contributed by atoms with Crippen LogP contribution in [0.4, 0.5) is 5.69 Å². The second-order valence-electron chi connectivity index (χ2n) is 6.04. The van der Waals surface area contributed by atoms with E-state index in [1.165, 1.54) is 11.8 Å². The Morgan fingerprint density at radius 1 is 1.50 bits per heavy atom. The number of fused-ring (bicyclic) bond motifs is 1. The highest BCUT2D eigenvalue weighted by Gasteiger charge is 2.35. The highest BCUT2D eigenvalue weighted by Crippen LogP contribution is 2.34. The molecule has 2 heterocycles. The van der Waals surface area contributed by atoms with Gasteiger partial charge in [0.2, 0.25) is 5.91 Å². The number of nitrogens with two attached hydrogens (primary N) is 1. The van der Waals surface area contributed by atoms with Crippen LogP contribution in [0.3, 0.4) is 0 Å². The summed E-state index contributed by atoms with van der Waals surface area (Å²) in [4.78, 5) is 26.9. The fourth-order valence-corrected chi connectivity index (χ4v) is 3.55. The average Bonchev–Trinajstić information content (AvgIpc) is 2.89. The van der Waals surface area contributed by atoms with E-state index in [2.05, 4.69) is 12.2 Å². The minimum absolute atomic E-state index is 0. The Bertz CT molecular complexity index is 610. The normalized spacial score (nSPS) is 23.5. The van der Waals surface area contributed by atoms with E-state index in [1.54, 1.807) is 6.07 Å². The molecule has 1 aromatic rings. The molecule has 1 aromatic carbocycles. The van der Waals surface area contributed by atoms with Crippen LogP contribution in [0.5, 0.6) is 0 Å². The van der Waals surface area contributed by atoms with E-state index in [4.69, 9.17) is 5.73 Å². The molecule has 0 aliphatic carbocycles. The summed E-state index contributed by atoms with van der Waals surface area (Å²) in [5.41, 5.74) is 7.17. The van der Waals surface area contributed by atoms with Crippen molar-refractivity contribution in [2.24, 2.45) is 11.1 Å². The van der Waals surface area contributed by atoms with Crippen LogP contribution in [0.1, 0.15) is 23.7 Å². The lowest BCUT2D eigenvalue weighted by Gasteiger charge is -2.23. The number of carbonyl (C=O) groups excluding carboxylic acids is 2. The van der Waals surface area contributed by atoms with Crippen molar-refractivity contribution in [1.82, 2.24) is 4.90 Å². The van der Waals surface area contributed by atoms with Crippen molar-refractivity contribution in [2.45, 2.75) is 18.2 Å². The number of hydrogen-bond donors (Lipinski definition) is 2. The molecule has 0 radical (unpaired) electrons. The SMILES string of the molecule is CC1(CN)CCN(C(=O)c2ccc3c(c2)NC(=O)CS3)C1.Cl. The van der Waals surface area contributed by atoms with Gasteiger partial charge in [0.15, 0.2) is 0 Å². The second kappa shape index (κ2) is 6.48. The molecule has 22 heavy (non-hydrogen) atoms. The van der Waals surface area contributed by atoms with E-state index in [-0.39, 0.29) is 29.6 Å². The van der Waals surface area contributed by atoms with Gasteiger partial charge in [-0.25, -0.2) is 0 Å². The maximum atomic E-state index is 12.6. The molecule has 3 rings (SSSR count). The van der Waals surface area contributed by atoms with Gasteiger partial charge in [0.25, 0.3) is 5.91 Å².